The minimum atomic E-state index is -1.12. The van der Waals surface area contributed by atoms with Gasteiger partial charge in [0, 0.05) is 12.0 Å². The number of carboxylic acids is 1. The molecular formula is C28H20FNO4S2. The smallest absolute Gasteiger partial charge is 0.327 e. The topological polar surface area (TPSA) is 74.7 Å². The maximum Gasteiger partial charge on any atom is 0.327 e. The first-order valence-electron chi connectivity index (χ1n) is 10.9. The van der Waals surface area contributed by atoms with Gasteiger partial charge in [-0.05, 0) is 53.1 Å². The summed E-state index contributed by atoms with van der Waals surface area (Å²) in [6.45, 7) is 0. The highest BCUT2D eigenvalue weighted by Crippen LogP contribution is 2.34. The zero-order valence-electron chi connectivity index (χ0n) is 18.8. The molecule has 36 heavy (non-hydrogen) atoms. The molecule has 0 spiro atoms. The van der Waals surface area contributed by atoms with Crippen molar-refractivity contribution >= 4 is 58.1 Å². The number of thioether (sulfide) groups is 1. The van der Waals surface area contributed by atoms with E-state index in [1.165, 1.54) is 35.2 Å². The van der Waals surface area contributed by atoms with Crippen LogP contribution < -0.4 is 0 Å². The lowest BCUT2D eigenvalue weighted by Gasteiger charge is -2.23. The zero-order chi connectivity index (χ0) is 25.7. The van der Waals surface area contributed by atoms with Crippen molar-refractivity contribution in [3.63, 3.8) is 0 Å². The molecular weight excluding hydrogens is 497 g/mol. The molecule has 5 nitrogen and oxygen atoms in total. The SMILES string of the molecule is O=C(/C=C/c1ccc(/C=C2\SC(=S)N(C(Cc3ccccc3)C(=O)O)C2=O)cc1)c1ccc(F)cc1. The molecule has 1 aliphatic rings. The lowest BCUT2D eigenvalue weighted by molar-refractivity contribution is -0.145. The fourth-order valence-electron chi connectivity index (χ4n) is 3.61. The second-order valence-corrected chi connectivity index (χ2v) is 9.64. The van der Waals surface area contributed by atoms with Gasteiger partial charge < -0.3 is 5.11 Å². The van der Waals surface area contributed by atoms with Gasteiger partial charge in [-0.15, -0.1) is 0 Å². The number of carbonyl (C=O) groups is 3. The van der Waals surface area contributed by atoms with Gasteiger partial charge in [-0.1, -0.05) is 84.7 Å². The molecule has 3 aromatic rings. The number of aliphatic carboxylic acids is 1. The minimum absolute atomic E-state index is 0.146. The Morgan fingerprint density at radius 1 is 0.972 bits per heavy atom. The molecule has 3 aromatic carbocycles. The Balaban J connectivity index is 1.46. The number of thiocarbonyl (C=S) groups is 1. The van der Waals surface area contributed by atoms with Crippen LogP contribution in [0.3, 0.4) is 0 Å². The van der Waals surface area contributed by atoms with Crippen LogP contribution in [-0.2, 0) is 16.0 Å². The van der Waals surface area contributed by atoms with Crippen LogP contribution in [0.2, 0.25) is 0 Å². The van der Waals surface area contributed by atoms with Crippen LogP contribution in [0.25, 0.3) is 12.2 Å². The van der Waals surface area contributed by atoms with E-state index in [0.29, 0.717) is 10.5 Å². The third-order valence-corrected chi connectivity index (χ3v) is 6.81. The lowest BCUT2D eigenvalue weighted by atomic mass is 10.0. The van der Waals surface area contributed by atoms with Gasteiger partial charge in [-0.25, -0.2) is 9.18 Å². The first-order valence-corrected chi connectivity index (χ1v) is 12.2. The molecule has 0 aromatic heterocycles. The van der Waals surface area contributed by atoms with Crippen molar-refractivity contribution in [3.05, 3.63) is 118 Å². The maximum atomic E-state index is 13.1. The molecule has 8 heteroatoms. The van der Waals surface area contributed by atoms with Crippen LogP contribution in [-0.4, -0.2) is 38.0 Å². The van der Waals surface area contributed by atoms with Crippen LogP contribution >= 0.6 is 24.0 Å². The van der Waals surface area contributed by atoms with E-state index in [1.54, 1.807) is 36.4 Å². The third-order valence-electron chi connectivity index (χ3n) is 5.48. The van der Waals surface area contributed by atoms with Crippen molar-refractivity contribution < 1.29 is 23.9 Å². The number of rotatable bonds is 8. The molecule has 0 radical (unpaired) electrons. The normalized spacial score (nSPS) is 15.6. The summed E-state index contributed by atoms with van der Waals surface area (Å²) in [5.41, 5.74) is 2.68. The van der Waals surface area contributed by atoms with Gasteiger partial charge in [0.1, 0.15) is 16.2 Å². The summed E-state index contributed by atoms with van der Waals surface area (Å²) in [6, 6.07) is 20.5. The molecule has 0 saturated carbocycles. The van der Waals surface area contributed by atoms with Crippen LogP contribution in [0, 0.1) is 5.82 Å². The number of hydrogen-bond donors (Lipinski definition) is 1. The van der Waals surface area contributed by atoms with Gasteiger partial charge in [-0.2, -0.15) is 0 Å². The fraction of sp³-hybridized carbons (Fsp3) is 0.0714. The van der Waals surface area contributed by atoms with Crippen LogP contribution in [0.5, 0.6) is 0 Å². The quantitative estimate of drug-likeness (QED) is 0.238. The van der Waals surface area contributed by atoms with E-state index in [0.717, 1.165) is 28.5 Å². The zero-order valence-corrected chi connectivity index (χ0v) is 20.5. The molecule has 1 atom stereocenters. The molecule has 1 unspecified atom stereocenters. The highest BCUT2D eigenvalue weighted by atomic mass is 32.2. The van der Waals surface area contributed by atoms with E-state index in [-0.39, 0.29) is 16.5 Å². The number of halogens is 1. The molecule has 0 aliphatic carbocycles. The maximum absolute atomic E-state index is 13.1. The summed E-state index contributed by atoms with van der Waals surface area (Å²) in [6.07, 6.45) is 4.87. The number of benzene rings is 3. The van der Waals surface area contributed by atoms with E-state index in [4.69, 9.17) is 12.2 Å². The molecule has 1 aliphatic heterocycles. The van der Waals surface area contributed by atoms with E-state index < -0.39 is 23.7 Å². The Labute approximate surface area is 216 Å². The summed E-state index contributed by atoms with van der Waals surface area (Å²) >= 11 is 6.42. The van der Waals surface area contributed by atoms with Gasteiger partial charge >= 0.3 is 5.97 Å². The first-order chi connectivity index (χ1) is 17.3. The Bertz CT molecular complexity index is 1370. The molecule has 1 heterocycles. The van der Waals surface area contributed by atoms with Crippen molar-refractivity contribution in [2.45, 2.75) is 12.5 Å². The number of allylic oxidation sites excluding steroid dienone is 1. The van der Waals surface area contributed by atoms with Crippen LogP contribution in [0.4, 0.5) is 4.39 Å². The fourth-order valence-corrected chi connectivity index (χ4v) is 4.97. The predicted octanol–water partition coefficient (Wildman–Crippen LogP) is 5.62. The van der Waals surface area contributed by atoms with Gasteiger partial charge in [0.2, 0.25) is 0 Å². The lowest BCUT2D eigenvalue weighted by Crippen LogP contribution is -2.45. The molecule has 1 amide bonds. The van der Waals surface area contributed by atoms with Gasteiger partial charge in [-0.3, -0.25) is 14.5 Å². The van der Waals surface area contributed by atoms with Gasteiger partial charge in [0.05, 0.1) is 4.91 Å². The van der Waals surface area contributed by atoms with Crippen LogP contribution in [0.1, 0.15) is 27.0 Å². The second-order valence-electron chi connectivity index (χ2n) is 7.97. The van der Waals surface area contributed by atoms with E-state index in [2.05, 4.69) is 0 Å². The van der Waals surface area contributed by atoms with Crippen molar-refractivity contribution in [2.75, 3.05) is 0 Å². The Hall–Kier alpha value is -3.88. The Kier molecular flexibility index (Phi) is 7.87. The van der Waals surface area contributed by atoms with E-state index in [9.17, 15) is 23.9 Å². The molecule has 1 N–H and O–H groups in total. The van der Waals surface area contributed by atoms with Crippen molar-refractivity contribution in [3.8, 4) is 0 Å². The van der Waals surface area contributed by atoms with Gasteiger partial charge in [0.15, 0.2) is 5.78 Å². The number of carboxylic acid groups (broad SMARTS) is 1. The van der Waals surface area contributed by atoms with Crippen molar-refractivity contribution in [1.82, 2.24) is 4.90 Å². The first kappa shape index (κ1) is 25.2. The van der Waals surface area contributed by atoms with Gasteiger partial charge in [0.25, 0.3) is 5.91 Å². The monoisotopic (exact) mass is 517 g/mol. The summed E-state index contributed by atoms with van der Waals surface area (Å²) in [5.74, 6) is -2.21. The highest BCUT2D eigenvalue weighted by molar-refractivity contribution is 8.26. The standard InChI is InChI=1S/C28H20FNO4S2/c29-22-13-11-21(12-14-22)24(31)15-10-18-6-8-20(9-7-18)17-25-26(32)30(28(35)36-25)23(27(33)34)16-19-4-2-1-3-5-19/h1-15,17,23H,16H2,(H,33,34)/b15-10+,25-17-. The molecule has 1 saturated heterocycles. The van der Waals surface area contributed by atoms with Crippen molar-refractivity contribution in [2.24, 2.45) is 0 Å². The number of ketones is 1. The number of amides is 1. The van der Waals surface area contributed by atoms with E-state index >= 15 is 0 Å². The van der Waals surface area contributed by atoms with E-state index in [1.807, 2.05) is 30.3 Å². The summed E-state index contributed by atoms with van der Waals surface area (Å²) in [4.78, 5) is 38.8. The molecule has 4 rings (SSSR count). The Morgan fingerprint density at radius 3 is 2.25 bits per heavy atom. The highest BCUT2D eigenvalue weighted by Gasteiger charge is 2.40. The van der Waals surface area contributed by atoms with Crippen LogP contribution in [0.15, 0.2) is 89.8 Å². The minimum Gasteiger partial charge on any atom is -0.480 e. The largest absolute Gasteiger partial charge is 0.480 e. The summed E-state index contributed by atoms with van der Waals surface area (Å²) in [7, 11) is 0. The van der Waals surface area contributed by atoms with Crippen molar-refractivity contribution in [1.29, 1.82) is 0 Å². The second kappa shape index (κ2) is 11.2. The summed E-state index contributed by atoms with van der Waals surface area (Å²) < 4.78 is 13.2. The predicted molar refractivity (Wildman–Crippen MR) is 143 cm³/mol. The molecule has 1 fully saturated rings. The third kappa shape index (κ3) is 6.02. The molecule has 0 bridgehead atoms. The average Bonchev–Trinajstić information content (AvgIpc) is 3.15. The number of nitrogens with zero attached hydrogens (tertiary/aromatic N) is 1. The summed E-state index contributed by atoms with van der Waals surface area (Å²) in [5, 5.41) is 9.78. The Morgan fingerprint density at radius 2 is 1.61 bits per heavy atom. The number of carbonyl (C=O) groups excluding carboxylic acids is 2. The average molecular weight is 518 g/mol. The number of hydrogen-bond acceptors (Lipinski definition) is 5. The molecule has 180 valence electrons.